The first-order valence-corrected chi connectivity index (χ1v) is 12.9. The fraction of sp³-hybridized carbons (Fsp3) is 0.414. The number of fused-ring (bicyclic) bond motifs is 1. The van der Waals surface area contributed by atoms with Crippen LogP contribution in [-0.2, 0) is 17.9 Å². The minimum absolute atomic E-state index is 0.149. The summed E-state index contributed by atoms with van der Waals surface area (Å²) < 4.78 is 2.08. The second-order valence-corrected chi connectivity index (χ2v) is 10.2. The molecule has 1 fully saturated rings. The van der Waals surface area contributed by atoms with Crippen molar-refractivity contribution in [1.29, 1.82) is 0 Å². The molecule has 0 bridgehead atoms. The lowest BCUT2D eigenvalue weighted by Gasteiger charge is -2.27. The third-order valence-electron chi connectivity index (χ3n) is 7.67. The van der Waals surface area contributed by atoms with Gasteiger partial charge in [-0.1, -0.05) is 25.0 Å². The summed E-state index contributed by atoms with van der Waals surface area (Å²) in [7, 11) is 2.09. The van der Waals surface area contributed by atoms with Crippen molar-refractivity contribution in [2.24, 2.45) is 5.92 Å². The van der Waals surface area contributed by atoms with Gasteiger partial charge in [-0.05, 0) is 81.1 Å². The first-order valence-electron chi connectivity index (χ1n) is 12.9. The van der Waals surface area contributed by atoms with Crippen LogP contribution in [0.25, 0.3) is 11.1 Å². The number of likely N-dealkylation sites (N-methyl/N-ethyl adjacent to an activating group) is 1. The van der Waals surface area contributed by atoms with E-state index in [-0.39, 0.29) is 17.7 Å². The Bertz CT molecular complexity index is 1240. The van der Waals surface area contributed by atoms with E-state index in [1.807, 2.05) is 55.6 Å². The van der Waals surface area contributed by atoms with Crippen molar-refractivity contribution < 1.29 is 9.59 Å². The number of anilines is 1. The standard InChI is InChI=1S/C29H35N5O2/c1-19-14-15-30-20(2)26(19)21-8-10-23(11-9-21)31-29(36)27(22-6-4-5-7-22)32-28(35)25-13-12-24-18-33(3)16-17-34(24)25/h8-15,22,27H,4-7,16-18H2,1-3H3,(H,31,36)(H,32,35)/t27-/m0/s1. The van der Waals surface area contributed by atoms with E-state index in [0.29, 0.717) is 5.69 Å². The van der Waals surface area contributed by atoms with Gasteiger partial charge < -0.3 is 15.2 Å². The third-order valence-corrected chi connectivity index (χ3v) is 7.67. The van der Waals surface area contributed by atoms with Crippen molar-refractivity contribution in [2.75, 3.05) is 18.9 Å². The van der Waals surface area contributed by atoms with Gasteiger partial charge in [0.05, 0.1) is 0 Å². The van der Waals surface area contributed by atoms with Gasteiger partial charge in [0.15, 0.2) is 0 Å². The molecule has 5 rings (SSSR count). The maximum Gasteiger partial charge on any atom is 0.268 e. The van der Waals surface area contributed by atoms with Gasteiger partial charge in [-0.2, -0.15) is 0 Å². The molecule has 2 aliphatic rings. The average molecular weight is 486 g/mol. The molecule has 1 aliphatic carbocycles. The van der Waals surface area contributed by atoms with Crippen LogP contribution in [0.1, 0.15) is 53.1 Å². The van der Waals surface area contributed by atoms with Gasteiger partial charge in [-0.3, -0.25) is 19.5 Å². The van der Waals surface area contributed by atoms with Gasteiger partial charge in [0.25, 0.3) is 5.91 Å². The van der Waals surface area contributed by atoms with Crippen molar-refractivity contribution in [2.45, 2.75) is 58.7 Å². The number of nitrogens with zero attached hydrogens (tertiary/aromatic N) is 3. The van der Waals surface area contributed by atoms with Gasteiger partial charge in [0.2, 0.25) is 5.91 Å². The number of nitrogens with one attached hydrogen (secondary N) is 2. The topological polar surface area (TPSA) is 79.3 Å². The van der Waals surface area contributed by atoms with Gasteiger partial charge in [0.1, 0.15) is 11.7 Å². The molecule has 1 atom stereocenters. The van der Waals surface area contributed by atoms with Gasteiger partial charge in [0, 0.05) is 48.5 Å². The quantitative estimate of drug-likeness (QED) is 0.537. The number of benzene rings is 1. The largest absolute Gasteiger partial charge is 0.339 e. The lowest BCUT2D eigenvalue weighted by Crippen LogP contribution is -2.48. The highest BCUT2D eigenvalue weighted by atomic mass is 16.2. The van der Waals surface area contributed by atoms with E-state index in [1.54, 1.807) is 0 Å². The molecule has 1 aromatic carbocycles. The minimum Gasteiger partial charge on any atom is -0.339 e. The Labute approximate surface area is 212 Å². The number of pyridine rings is 1. The lowest BCUT2D eigenvalue weighted by atomic mass is 9.96. The number of carbonyl (C=O) groups excluding carboxylic acids is 2. The number of aromatic nitrogens is 2. The Morgan fingerprint density at radius 1 is 1.00 bits per heavy atom. The van der Waals surface area contributed by atoms with Crippen LogP contribution >= 0.6 is 0 Å². The van der Waals surface area contributed by atoms with Crippen LogP contribution in [0.5, 0.6) is 0 Å². The molecule has 36 heavy (non-hydrogen) atoms. The molecule has 188 valence electrons. The van der Waals surface area contributed by atoms with Crippen LogP contribution in [0.2, 0.25) is 0 Å². The summed E-state index contributed by atoms with van der Waals surface area (Å²) in [5.74, 6) is -0.173. The van der Waals surface area contributed by atoms with Crippen LogP contribution < -0.4 is 10.6 Å². The summed E-state index contributed by atoms with van der Waals surface area (Å²) in [6.07, 6.45) is 5.91. The van der Waals surface area contributed by atoms with Crippen LogP contribution in [0.3, 0.4) is 0 Å². The Kier molecular flexibility index (Phi) is 6.92. The Morgan fingerprint density at radius 3 is 2.47 bits per heavy atom. The van der Waals surface area contributed by atoms with Crippen LogP contribution in [-0.4, -0.2) is 45.9 Å². The molecule has 1 saturated carbocycles. The van der Waals surface area contributed by atoms with Crippen molar-refractivity contribution >= 4 is 17.5 Å². The maximum absolute atomic E-state index is 13.5. The summed E-state index contributed by atoms with van der Waals surface area (Å²) in [4.78, 5) is 33.4. The Hall–Kier alpha value is -3.45. The molecule has 3 heterocycles. The van der Waals surface area contributed by atoms with Crippen LogP contribution in [0.4, 0.5) is 5.69 Å². The van der Waals surface area contributed by atoms with E-state index >= 15 is 0 Å². The first-order chi connectivity index (χ1) is 17.4. The zero-order chi connectivity index (χ0) is 25.2. The highest BCUT2D eigenvalue weighted by Gasteiger charge is 2.33. The molecule has 2 N–H and O–H groups in total. The van der Waals surface area contributed by atoms with E-state index in [2.05, 4.69) is 39.1 Å². The number of rotatable bonds is 6. The predicted octanol–water partition coefficient (Wildman–Crippen LogP) is 4.54. The average Bonchev–Trinajstić information content (AvgIpc) is 3.53. The van der Waals surface area contributed by atoms with E-state index in [1.165, 1.54) is 5.56 Å². The summed E-state index contributed by atoms with van der Waals surface area (Å²) in [5, 5.41) is 6.16. The van der Waals surface area contributed by atoms with E-state index in [9.17, 15) is 9.59 Å². The van der Waals surface area contributed by atoms with E-state index in [4.69, 9.17) is 0 Å². The summed E-state index contributed by atoms with van der Waals surface area (Å²) in [6, 6.07) is 13.2. The predicted molar refractivity (Wildman–Crippen MR) is 142 cm³/mol. The SMILES string of the molecule is Cc1ccnc(C)c1-c1ccc(NC(=O)[C@@H](NC(=O)c2ccc3n2CCN(C)C3)C2CCCC2)cc1. The highest BCUT2D eigenvalue weighted by Crippen LogP contribution is 2.30. The second kappa shape index (κ2) is 10.3. The molecule has 1 aliphatic heterocycles. The smallest absolute Gasteiger partial charge is 0.268 e. The summed E-state index contributed by atoms with van der Waals surface area (Å²) in [6.45, 7) is 6.60. The zero-order valence-electron chi connectivity index (χ0n) is 21.4. The third kappa shape index (κ3) is 4.93. The molecular weight excluding hydrogens is 450 g/mol. The Morgan fingerprint density at radius 2 is 1.75 bits per heavy atom. The molecule has 0 spiro atoms. The van der Waals surface area contributed by atoms with Gasteiger partial charge in [-0.15, -0.1) is 0 Å². The van der Waals surface area contributed by atoms with Crippen molar-refractivity contribution in [3.8, 4) is 11.1 Å². The van der Waals surface area contributed by atoms with Crippen molar-refractivity contribution in [3.63, 3.8) is 0 Å². The van der Waals surface area contributed by atoms with Gasteiger partial charge >= 0.3 is 0 Å². The van der Waals surface area contributed by atoms with Crippen LogP contribution in [0, 0.1) is 19.8 Å². The number of aryl methyl sites for hydroxylation is 2. The highest BCUT2D eigenvalue weighted by molar-refractivity contribution is 6.01. The second-order valence-electron chi connectivity index (χ2n) is 10.2. The van der Waals surface area contributed by atoms with E-state index in [0.717, 1.165) is 73.5 Å². The molecule has 2 aromatic heterocycles. The molecule has 7 heteroatoms. The number of hydrogen-bond donors (Lipinski definition) is 2. The molecule has 7 nitrogen and oxygen atoms in total. The fourth-order valence-electron chi connectivity index (χ4n) is 5.71. The number of carbonyl (C=O) groups is 2. The fourth-order valence-corrected chi connectivity index (χ4v) is 5.71. The Balaban J connectivity index is 1.32. The van der Waals surface area contributed by atoms with Crippen molar-refractivity contribution in [3.05, 3.63) is 71.3 Å². The lowest BCUT2D eigenvalue weighted by molar-refractivity contribution is -0.119. The maximum atomic E-state index is 13.5. The zero-order valence-corrected chi connectivity index (χ0v) is 21.4. The summed E-state index contributed by atoms with van der Waals surface area (Å²) >= 11 is 0. The van der Waals surface area contributed by atoms with E-state index < -0.39 is 6.04 Å². The van der Waals surface area contributed by atoms with Crippen molar-refractivity contribution in [1.82, 2.24) is 19.8 Å². The molecule has 0 unspecified atom stereocenters. The number of amides is 2. The minimum atomic E-state index is -0.556. The number of hydrogen-bond acceptors (Lipinski definition) is 4. The molecule has 3 aromatic rings. The monoisotopic (exact) mass is 485 g/mol. The van der Waals surface area contributed by atoms with Gasteiger partial charge in [-0.25, -0.2) is 0 Å². The molecule has 2 amide bonds. The summed E-state index contributed by atoms with van der Waals surface area (Å²) in [5.41, 5.74) is 6.84. The molecule has 0 radical (unpaired) electrons. The first kappa shape index (κ1) is 24.3. The normalized spacial score (nSPS) is 17.0. The molecular formula is C29H35N5O2. The van der Waals surface area contributed by atoms with Crippen LogP contribution in [0.15, 0.2) is 48.7 Å². The molecule has 0 saturated heterocycles.